The Morgan fingerprint density at radius 3 is 2.86 bits per heavy atom. The number of ether oxygens (including phenoxy) is 1. The first kappa shape index (κ1) is 23.3. The summed E-state index contributed by atoms with van der Waals surface area (Å²) in [7, 11) is 0. The molecule has 1 saturated heterocycles. The third-order valence-corrected chi connectivity index (χ3v) is 7.10. The fraction of sp³-hybridized carbons (Fsp3) is 0.462. The predicted octanol–water partition coefficient (Wildman–Crippen LogP) is 3.31. The molecule has 1 aromatic carbocycles. The molecule has 0 radical (unpaired) electrons. The largest absolute Gasteiger partial charge is 0.489 e. The number of nitrogens with zero attached hydrogens (tertiary/aromatic N) is 3. The highest BCUT2D eigenvalue weighted by molar-refractivity contribution is 6.17. The van der Waals surface area contributed by atoms with Crippen LogP contribution in [0, 0.1) is 0 Å². The van der Waals surface area contributed by atoms with Crippen molar-refractivity contribution in [3.63, 3.8) is 0 Å². The fourth-order valence-electron chi connectivity index (χ4n) is 5.16. The van der Waals surface area contributed by atoms with Crippen molar-refractivity contribution >= 4 is 40.8 Å². The van der Waals surface area contributed by atoms with Crippen molar-refractivity contribution < 1.29 is 14.3 Å². The van der Waals surface area contributed by atoms with E-state index >= 15 is 0 Å². The van der Waals surface area contributed by atoms with Gasteiger partial charge in [0.05, 0.1) is 17.3 Å². The number of carbonyl (C=O) groups excluding carboxylic acids is 2. The van der Waals surface area contributed by atoms with Crippen LogP contribution >= 0.6 is 0 Å². The number of benzene rings is 1. The van der Waals surface area contributed by atoms with Gasteiger partial charge < -0.3 is 25.6 Å². The Labute approximate surface area is 205 Å². The van der Waals surface area contributed by atoms with Gasteiger partial charge >= 0.3 is 0 Å². The second-order valence-corrected chi connectivity index (χ2v) is 9.46. The molecule has 3 N–H and O–H groups in total. The number of rotatable bonds is 7. The molecule has 1 atom stereocenters. The molecular weight excluding hydrogens is 444 g/mol. The number of anilines is 4. The molecule has 0 bridgehead atoms. The fourth-order valence-corrected chi connectivity index (χ4v) is 5.16. The molecule has 2 fully saturated rings. The number of aldehydes is 1. The van der Waals surface area contributed by atoms with Gasteiger partial charge in [0.25, 0.3) is 0 Å². The molecule has 184 valence electrons. The molecule has 2 aliphatic heterocycles. The maximum absolute atomic E-state index is 12.0. The van der Waals surface area contributed by atoms with Gasteiger partial charge in [-0.25, -0.2) is 4.98 Å². The number of allylic oxidation sites excluding steroid dienone is 2. The van der Waals surface area contributed by atoms with Crippen molar-refractivity contribution in [2.45, 2.75) is 51.6 Å². The minimum Gasteiger partial charge on any atom is -0.489 e. The Bertz CT molecular complexity index is 1160. The first-order valence-electron chi connectivity index (χ1n) is 12.4. The van der Waals surface area contributed by atoms with Crippen molar-refractivity contribution in [1.82, 2.24) is 15.3 Å². The molecule has 35 heavy (non-hydrogen) atoms. The van der Waals surface area contributed by atoms with E-state index in [1.165, 1.54) is 19.8 Å². The van der Waals surface area contributed by atoms with Crippen molar-refractivity contribution in [1.29, 1.82) is 0 Å². The summed E-state index contributed by atoms with van der Waals surface area (Å²) in [5.41, 5.74) is 3.33. The van der Waals surface area contributed by atoms with Crippen molar-refractivity contribution in [2.75, 3.05) is 41.8 Å². The van der Waals surface area contributed by atoms with Crippen LogP contribution in [-0.2, 0) is 9.59 Å². The normalized spacial score (nSPS) is 20.3. The number of hydrogen-bond acceptors (Lipinski definition) is 9. The van der Waals surface area contributed by atoms with Gasteiger partial charge in [0, 0.05) is 49.2 Å². The standard InChI is InChI=1S/C26H32N6O3/c1-16(22(14-33)17(2)34)21-13-28-26(31-25(21)29-18-5-3-4-6-18)30-19-7-8-23-24(11-19)35-15-20-12-27-9-10-32(20)23/h7-8,11,13-14,18,20,27H,3-6,9-10,12,15H2,1-2H3,(H2,28,29,30,31)/b22-16+/t20-/m0/s1. The smallest absolute Gasteiger partial charge is 0.229 e. The molecule has 2 aromatic rings. The van der Waals surface area contributed by atoms with Gasteiger partial charge in [-0.15, -0.1) is 0 Å². The molecule has 5 rings (SSSR count). The van der Waals surface area contributed by atoms with Gasteiger partial charge in [-0.05, 0) is 44.4 Å². The minimum absolute atomic E-state index is 0.141. The first-order chi connectivity index (χ1) is 17.0. The van der Waals surface area contributed by atoms with Crippen LogP contribution in [-0.4, -0.2) is 60.4 Å². The molecule has 3 heterocycles. The van der Waals surface area contributed by atoms with E-state index in [-0.39, 0.29) is 11.4 Å². The van der Waals surface area contributed by atoms with E-state index in [2.05, 4.69) is 31.9 Å². The number of nitrogens with one attached hydrogen (secondary N) is 3. The summed E-state index contributed by atoms with van der Waals surface area (Å²) < 4.78 is 6.05. The predicted molar refractivity (Wildman–Crippen MR) is 136 cm³/mol. The summed E-state index contributed by atoms with van der Waals surface area (Å²) in [5, 5.41) is 10.2. The maximum atomic E-state index is 12.0. The van der Waals surface area contributed by atoms with Gasteiger partial charge in [-0.2, -0.15) is 4.98 Å². The van der Waals surface area contributed by atoms with Crippen LogP contribution in [0.15, 0.2) is 30.0 Å². The molecule has 1 aromatic heterocycles. The van der Waals surface area contributed by atoms with E-state index in [1.54, 1.807) is 13.1 Å². The van der Waals surface area contributed by atoms with Crippen LogP contribution in [0.2, 0.25) is 0 Å². The average molecular weight is 477 g/mol. The summed E-state index contributed by atoms with van der Waals surface area (Å²) in [6, 6.07) is 6.75. The second-order valence-electron chi connectivity index (χ2n) is 9.46. The topological polar surface area (TPSA) is 108 Å². The lowest BCUT2D eigenvalue weighted by atomic mass is 10.0. The number of hydrogen-bond donors (Lipinski definition) is 3. The van der Waals surface area contributed by atoms with Gasteiger partial charge in [0.2, 0.25) is 5.95 Å². The zero-order valence-electron chi connectivity index (χ0n) is 20.3. The zero-order valence-corrected chi connectivity index (χ0v) is 20.3. The third kappa shape index (κ3) is 4.86. The molecule has 1 aliphatic carbocycles. The van der Waals surface area contributed by atoms with Crippen molar-refractivity contribution in [2.24, 2.45) is 0 Å². The lowest BCUT2D eigenvalue weighted by Crippen LogP contribution is -2.55. The highest BCUT2D eigenvalue weighted by Crippen LogP contribution is 2.37. The SMILES string of the molecule is CC(=O)/C(C=O)=C(\C)c1cnc(Nc2ccc3c(c2)OC[C@@H]2CNCCN32)nc1NC1CCCC1. The Balaban J connectivity index is 1.43. The number of ketones is 1. The first-order valence-corrected chi connectivity index (χ1v) is 12.4. The molecule has 0 amide bonds. The Hall–Kier alpha value is -3.46. The van der Waals surface area contributed by atoms with Gasteiger partial charge in [0.1, 0.15) is 18.2 Å². The van der Waals surface area contributed by atoms with E-state index in [4.69, 9.17) is 9.72 Å². The maximum Gasteiger partial charge on any atom is 0.229 e. The molecule has 9 nitrogen and oxygen atoms in total. The van der Waals surface area contributed by atoms with E-state index in [1.807, 2.05) is 12.1 Å². The van der Waals surface area contributed by atoms with Crippen LogP contribution in [0.25, 0.3) is 5.57 Å². The number of carbonyl (C=O) groups is 2. The van der Waals surface area contributed by atoms with Gasteiger partial charge in [0.15, 0.2) is 12.1 Å². The van der Waals surface area contributed by atoms with Gasteiger partial charge in [-0.3, -0.25) is 9.59 Å². The lowest BCUT2D eigenvalue weighted by Gasteiger charge is -2.42. The Morgan fingerprint density at radius 1 is 1.26 bits per heavy atom. The van der Waals surface area contributed by atoms with Crippen LogP contribution in [0.1, 0.15) is 45.1 Å². The summed E-state index contributed by atoms with van der Waals surface area (Å²) in [4.78, 5) is 35.2. The number of Topliss-reactive ketones (excluding diaryl/α,β-unsaturated/α-hetero) is 1. The van der Waals surface area contributed by atoms with E-state index in [9.17, 15) is 9.59 Å². The van der Waals surface area contributed by atoms with E-state index in [0.717, 1.165) is 49.6 Å². The third-order valence-electron chi connectivity index (χ3n) is 7.10. The number of piperazine rings is 1. The summed E-state index contributed by atoms with van der Waals surface area (Å²) in [6.45, 7) is 6.68. The molecule has 3 aliphatic rings. The number of aromatic nitrogens is 2. The molecule has 9 heteroatoms. The quantitative estimate of drug-likeness (QED) is 0.240. The second kappa shape index (κ2) is 10.0. The van der Waals surface area contributed by atoms with Crippen LogP contribution in [0.3, 0.4) is 0 Å². The van der Waals surface area contributed by atoms with Crippen molar-refractivity contribution in [3.05, 3.63) is 35.5 Å². The minimum atomic E-state index is -0.271. The summed E-state index contributed by atoms with van der Waals surface area (Å²) >= 11 is 0. The summed E-state index contributed by atoms with van der Waals surface area (Å²) in [6.07, 6.45) is 6.77. The highest BCUT2D eigenvalue weighted by Gasteiger charge is 2.29. The monoisotopic (exact) mass is 476 g/mol. The molecule has 1 saturated carbocycles. The molecule has 0 unspecified atom stereocenters. The van der Waals surface area contributed by atoms with Crippen LogP contribution in [0.5, 0.6) is 5.75 Å². The average Bonchev–Trinajstić information content (AvgIpc) is 3.37. The molecular formula is C26H32N6O3. The van der Waals surface area contributed by atoms with Crippen molar-refractivity contribution in [3.8, 4) is 5.75 Å². The van der Waals surface area contributed by atoms with E-state index in [0.29, 0.717) is 47.9 Å². The van der Waals surface area contributed by atoms with E-state index < -0.39 is 0 Å². The zero-order chi connectivity index (χ0) is 24.4. The van der Waals surface area contributed by atoms with Gasteiger partial charge in [-0.1, -0.05) is 12.8 Å². The molecule has 0 spiro atoms. The lowest BCUT2D eigenvalue weighted by molar-refractivity contribution is -0.115. The van der Waals surface area contributed by atoms with Crippen LogP contribution in [0.4, 0.5) is 23.1 Å². The Morgan fingerprint density at radius 2 is 2.09 bits per heavy atom. The number of fused-ring (bicyclic) bond motifs is 3. The summed E-state index contributed by atoms with van der Waals surface area (Å²) in [5.74, 6) is 1.65. The highest BCUT2D eigenvalue weighted by atomic mass is 16.5. The Kier molecular flexibility index (Phi) is 6.68. The van der Waals surface area contributed by atoms with Crippen LogP contribution < -0.4 is 25.6 Å².